The van der Waals surface area contributed by atoms with Gasteiger partial charge in [0.2, 0.25) is 10.0 Å². The van der Waals surface area contributed by atoms with Crippen LogP contribution in [0.2, 0.25) is 0 Å². The summed E-state index contributed by atoms with van der Waals surface area (Å²) in [7, 11) is -3.28. The number of ketones is 1. The summed E-state index contributed by atoms with van der Waals surface area (Å²) in [4.78, 5) is 12.5. The minimum absolute atomic E-state index is 0.0949. The van der Waals surface area contributed by atoms with Gasteiger partial charge in [0.15, 0.2) is 0 Å². The second-order valence-corrected chi connectivity index (χ2v) is 10.6. The third-order valence-corrected chi connectivity index (χ3v) is 8.65. The van der Waals surface area contributed by atoms with E-state index in [9.17, 15) is 13.2 Å². The third-order valence-electron chi connectivity index (χ3n) is 7.61. The van der Waals surface area contributed by atoms with Gasteiger partial charge in [-0.3, -0.25) is 4.79 Å². The molecule has 0 bridgehead atoms. The lowest BCUT2D eigenvalue weighted by Crippen LogP contribution is -2.42. The van der Waals surface area contributed by atoms with E-state index in [1.165, 1.54) is 21.4 Å². The quantitative estimate of drug-likeness (QED) is 0.764. The second-order valence-electron chi connectivity index (χ2n) is 8.77. The van der Waals surface area contributed by atoms with E-state index in [4.69, 9.17) is 0 Å². The van der Waals surface area contributed by atoms with Gasteiger partial charge in [-0.05, 0) is 73.1 Å². The topological polar surface area (TPSA) is 56.1 Å². The molecule has 3 aliphatic carbocycles. The standard InChI is InChI=1S/C21H25NO3S/c1-21-11-9-15-13-5-7-19-17(10-12-22(19)26(2,24)25)14(13)3-4-16(15)18(21)6-8-20(21)23/h5,7,10,12,15-16,18H,3-4,6,8-9,11H2,1-2H3/t15?,16?,18?,21-/m0/s1. The van der Waals surface area contributed by atoms with Crippen molar-refractivity contribution in [3.05, 3.63) is 35.5 Å². The molecule has 0 amide bonds. The fourth-order valence-electron chi connectivity index (χ4n) is 6.34. The summed E-state index contributed by atoms with van der Waals surface area (Å²) in [6.07, 6.45) is 8.93. The van der Waals surface area contributed by atoms with E-state index in [1.54, 1.807) is 6.20 Å². The number of carbonyl (C=O) groups excluding carboxylic acids is 1. The summed E-state index contributed by atoms with van der Waals surface area (Å²) in [6.45, 7) is 2.20. The molecule has 2 saturated carbocycles. The molecule has 0 radical (unpaired) electrons. The Labute approximate surface area is 154 Å². The van der Waals surface area contributed by atoms with Gasteiger partial charge in [-0.25, -0.2) is 12.4 Å². The highest BCUT2D eigenvalue weighted by Gasteiger charge is 2.54. The van der Waals surface area contributed by atoms with Crippen molar-refractivity contribution in [2.45, 2.75) is 51.4 Å². The number of nitrogens with zero attached hydrogens (tertiary/aromatic N) is 1. The molecule has 1 heterocycles. The van der Waals surface area contributed by atoms with Crippen molar-refractivity contribution in [3.8, 4) is 0 Å². The van der Waals surface area contributed by atoms with Crippen LogP contribution in [-0.2, 0) is 21.2 Å². The van der Waals surface area contributed by atoms with Crippen molar-refractivity contribution >= 4 is 26.7 Å². The molecule has 138 valence electrons. The van der Waals surface area contributed by atoms with Gasteiger partial charge in [-0.2, -0.15) is 0 Å². The van der Waals surface area contributed by atoms with Crippen LogP contribution in [-0.4, -0.2) is 24.4 Å². The van der Waals surface area contributed by atoms with Crippen LogP contribution < -0.4 is 0 Å². The molecule has 5 heteroatoms. The molecule has 1 aromatic carbocycles. The van der Waals surface area contributed by atoms with E-state index in [0.717, 1.165) is 49.4 Å². The fourth-order valence-corrected chi connectivity index (χ4v) is 7.14. The molecule has 2 aromatic rings. The molecular weight excluding hydrogens is 346 g/mol. The second kappa shape index (κ2) is 5.22. The van der Waals surface area contributed by atoms with Crippen LogP contribution in [0.5, 0.6) is 0 Å². The van der Waals surface area contributed by atoms with E-state index in [-0.39, 0.29) is 5.41 Å². The molecule has 0 N–H and O–H groups in total. The van der Waals surface area contributed by atoms with Gasteiger partial charge >= 0.3 is 0 Å². The smallest absolute Gasteiger partial charge is 0.236 e. The molecule has 0 aliphatic heterocycles. The molecule has 5 rings (SSSR count). The highest BCUT2D eigenvalue weighted by molar-refractivity contribution is 7.89. The van der Waals surface area contributed by atoms with Gasteiger partial charge < -0.3 is 0 Å². The third kappa shape index (κ3) is 2.07. The van der Waals surface area contributed by atoms with Crippen LogP contribution in [0.3, 0.4) is 0 Å². The number of rotatable bonds is 1. The van der Waals surface area contributed by atoms with Gasteiger partial charge in [0, 0.05) is 23.4 Å². The first-order valence-electron chi connectivity index (χ1n) is 9.67. The summed E-state index contributed by atoms with van der Waals surface area (Å²) >= 11 is 0. The lowest BCUT2D eigenvalue weighted by atomic mass is 9.55. The maximum atomic E-state index is 12.5. The summed E-state index contributed by atoms with van der Waals surface area (Å²) < 4.78 is 25.4. The Morgan fingerprint density at radius 3 is 2.69 bits per heavy atom. The molecule has 4 nitrogen and oxygen atoms in total. The van der Waals surface area contributed by atoms with Crippen molar-refractivity contribution in [2.24, 2.45) is 17.3 Å². The molecule has 26 heavy (non-hydrogen) atoms. The van der Waals surface area contributed by atoms with Crippen LogP contribution >= 0.6 is 0 Å². The SMILES string of the molecule is C[C@]12CCC3c4ccc5c(ccn5S(C)(=O)=O)c4CCC3C1CCC2=O. The average molecular weight is 372 g/mol. The Bertz CT molecular complexity index is 1030. The molecule has 0 saturated heterocycles. The van der Waals surface area contributed by atoms with Gasteiger partial charge in [-0.1, -0.05) is 13.0 Å². The van der Waals surface area contributed by atoms with Crippen molar-refractivity contribution in [2.75, 3.05) is 6.26 Å². The summed E-state index contributed by atoms with van der Waals surface area (Å²) in [5, 5.41) is 1.09. The molecular formula is C21H25NO3S. The minimum Gasteiger partial charge on any atom is -0.299 e. The minimum atomic E-state index is -3.28. The Morgan fingerprint density at radius 2 is 1.92 bits per heavy atom. The Balaban J connectivity index is 1.61. The summed E-state index contributed by atoms with van der Waals surface area (Å²) in [5.74, 6) is 2.13. The number of hydrogen-bond donors (Lipinski definition) is 0. The molecule has 3 unspecified atom stereocenters. The number of hydrogen-bond acceptors (Lipinski definition) is 3. The zero-order chi connectivity index (χ0) is 18.3. The highest BCUT2D eigenvalue weighted by Crippen LogP contribution is 2.59. The number of fused-ring (bicyclic) bond motifs is 7. The monoisotopic (exact) mass is 371 g/mol. The van der Waals surface area contributed by atoms with Crippen LogP contribution in [0.15, 0.2) is 24.4 Å². The Hall–Kier alpha value is -1.62. The lowest BCUT2D eigenvalue weighted by Gasteiger charge is -2.48. The number of aromatic nitrogens is 1. The Kier molecular flexibility index (Phi) is 3.32. The number of Topliss-reactive ketones (excluding diaryl/α,β-unsaturated/α-hetero) is 1. The van der Waals surface area contributed by atoms with Gasteiger partial charge in [0.1, 0.15) is 5.78 Å². The van der Waals surface area contributed by atoms with Crippen LogP contribution in [0.1, 0.15) is 56.1 Å². The zero-order valence-electron chi connectivity index (χ0n) is 15.4. The first kappa shape index (κ1) is 16.5. The number of carbonyl (C=O) groups is 1. The van der Waals surface area contributed by atoms with Gasteiger partial charge in [0.05, 0.1) is 11.8 Å². The van der Waals surface area contributed by atoms with Crippen LogP contribution in [0.4, 0.5) is 0 Å². The first-order chi connectivity index (χ1) is 12.3. The van der Waals surface area contributed by atoms with E-state index in [1.807, 2.05) is 12.1 Å². The van der Waals surface area contributed by atoms with E-state index in [0.29, 0.717) is 23.5 Å². The van der Waals surface area contributed by atoms with Gasteiger partial charge in [-0.15, -0.1) is 0 Å². The summed E-state index contributed by atoms with van der Waals surface area (Å²) in [5.41, 5.74) is 3.43. The maximum absolute atomic E-state index is 12.5. The van der Waals surface area contributed by atoms with Crippen LogP contribution in [0, 0.1) is 17.3 Å². The van der Waals surface area contributed by atoms with Gasteiger partial charge in [0.25, 0.3) is 0 Å². The van der Waals surface area contributed by atoms with Crippen molar-refractivity contribution in [3.63, 3.8) is 0 Å². The fraction of sp³-hybridized carbons (Fsp3) is 0.571. The molecule has 3 aliphatic rings. The predicted molar refractivity (Wildman–Crippen MR) is 102 cm³/mol. The first-order valence-corrected chi connectivity index (χ1v) is 11.5. The highest BCUT2D eigenvalue weighted by atomic mass is 32.2. The van der Waals surface area contributed by atoms with Crippen molar-refractivity contribution < 1.29 is 13.2 Å². The van der Waals surface area contributed by atoms with Crippen LogP contribution in [0.25, 0.3) is 10.9 Å². The summed E-state index contributed by atoms with van der Waals surface area (Å²) in [6, 6.07) is 6.10. The predicted octanol–water partition coefficient (Wildman–Crippen LogP) is 3.87. The number of aryl methyl sites for hydroxylation is 1. The normalized spacial score (nSPS) is 33.8. The molecule has 0 spiro atoms. The lowest BCUT2D eigenvalue weighted by molar-refractivity contribution is -0.129. The Morgan fingerprint density at radius 1 is 1.12 bits per heavy atom. The van der Waals surface area contributed by atoms with Crippen molar-refractivity contribution in [1.82, 2.24) is 3.97 Å². The van der Waals surface area contributed by atoms with E-state index >= 15 is 0 Å². The molecule has 4 atom stereocenters. The molecule has 1 aromatic heterocycles. The van der Waals surface area contributed by atoms with E-state index in [2.05, 4.69) is 13.0 Å². The van der Waals surface area contributed by atoms with Crippen molar-refractivity contribution in [1.29, 1.82) is 0 Å². The largest absolute Gasteiger partial charge is 0.299 e. The average Bonchev–Trinajstić information content (AvgIpc) is 3.16. The van der Waals surface area contributed by atoms with E-state index < -0.39 is 10.0 Å². The number of benzene rings is 1. The molecule has 2 fully saturated rings. The maximum Gasteiger partial charge on any atom is 0.236 e. The zero-order valence-corrected chi connectivity index (χ0v) is 16.2.